The Morgan fingerprint density at radius 3 is 2.55 bits per heavy atom. The van der Waals surface area contributed by atoms with Crippen molar-refractivity contribution in [3.63, 3.8) is 0 Å². The van der Waals surface area contributed by atoms with E-state index in [0.717, 1.165) is 6.21 Å². The molecule has 11 heavy (non-hydrogen) atoms. The molecule has 4 heteroatoms. The minimum atomic E-state index is 0.200. The highest BCUT2D eigenvalue weighted by Gasteiger charge is 1.94. The van der Waals surface area contributed by atoms with Crippen LogP contribution in [-0.2, 0) is 0 Å². The van der Waals surface area contributed by atoms with Crippen LogP contribution in [0.2, 0.25) is 0 Å². The van der Waals surface area contributed by atoms with E-state index in [2.05, 4.69) is 16.6 Å². The number of guanidine groups is 1. The third-order valence-corrected chi connectivity index (χ3v) is 1.15. The molecule has 0 aliphatic heterocycles. The molecule has 0 spiro atoms. The summed E-state index contributed by atoms with van der Waals surface area (Å²) in [6.45, 7) is 5.30. The molecule has 0 radical (unpaired) electrons. The second-order valence-electron chi connectivity index (χ2n) is 1.95. The maximum absolute atomic E-state index is 6.85. The molecule has 0 saturated heterocycles. The molecule has 0 atom stereocenters. The van der Waals surface area contributed by atoms with Crippen LogP contribution in [0.1, 0.15) is 6.92 Å². The van der Waals surface area contributed by atoms with Crippen LogP contribution in [0, 0.1) is 5.41 Å². The average Bonchev–Trinajstić information content (AvgIpc) is 2.02. The maximum atomic E-state index is 6.85. The summed E-state index contributed by atoms with van der Waals surface area (Å²) in [5, 5.41) is 6.85. The summed E-state index contributed by atoms with van der Waals surface area (Å²) in [4.78, 5) is 7.50. The Morgan fingerprint density at radius 1 is 1.64 bits per heavy atom. The number of nitrogens with one attached hydrogen (secondary N) is 1. The Balaban J connectivity index is 4.46. The molecule has 0 aromatic carbocycles. The lowest BCUT2D eigenvalue weighted by molar-refractivity contribution is 1.35. The molecule has 0 aromatic rings. The first-order valence-corrected chi connectivity index (χ1v) is 3.09. The molecule has 0 aliphatic carbocycles. The predicted molar refractivity (Wildman–Crippen MR) is 48.6 cm³/mol. The molecule has 0 fully saturated rings. The molecule has 0 heterocycles. The highest BCUT2D eigenvalue weighted by atomic mass is 15.0. The molecular formula is C7H12N4. The summed E-state index contributed by atoms with van der Waals surface area (Å²) >= 11 is 0. The third-order valence-electron chi connectivity index (χ3n) is 1.15. The van der Waals surface area contributed by atoms with Crippen molar-refractivity contribution < 1.29 is 0 Å². The van der Waals surface area contributed by atoms with Crippen molar-refractivity contribution in [1.29, 1.82) is 5.41 Å². The van der Waals surface area contributed by atoms with E-state index in [0.29, 0.717) is 11.3 Å². The zero-order valence-corrected chi connectivity index (χ0v) is 6.76. The lowest BCUT2D eigenvalue weighted by Crippen LogP contribution is -2.11. The van der Waals surface area contributed by atoms with Gasteiger partial charge in [0.05, 0.1) is 0 Å². The standard InChI is InChI=1S/C7H12N4/c1-5(4-8)6(2)11-7(9)10-3/h4,8H,1H2,2-3H3,(H2,9,10). The van der Waals surface area contributed by atoms with Crippen LogP contribution in [0.25, 0.3) is 0 Å². The van der Waals surface area contributed by atoms with Crippen LogP contribution in [-0.4, -0.2) is 24.9 Å². The summed E-state index contributed by atoms with van der Waals surface area (Å²) in [6.07, 6.45) is 1.13. The van der Waals surface area contributed by atoms with Gasteiger partial charge in [-0.15, -0.1) is 0 Å². The van der Waals surface area contributed by atoms with Crippen LogP contribution in [0.3, 0.4) is 0 Å². The van der Waals surface area contributed by atoms with E-state index < -0.39 is 0 Å². The quantitative estimate of drug-likeness (QED) is 0.441. The average molecular weight is 152 g/mol. The second-order valence-corrected chi connectivity index (χ2v) is 1.95. The molecule has 0 amide bonds. The van der Waals surface area contributed by atoms with Gasteiger partial charge >= 0.3 is 0 Å². The van der Waals surface area contributed by atoms with E-state index in [-0.39, 0.29) is 5.96 Å². The van der Waals surface area contributed by atoms with E-state index in [4.69, 9.17) is 11.1 Å². The molecule has 60 valence electrons. The van der Waals surface area contributed by atoms with Gasteiger partial charge in [-0.3, -0.25) is 4.99 Å². The number of hydrogen-bond donors (Lipinski definition) is 2. The number of aliphatic imine (C=N–C) groups is 2. The minimum Gasteiger partial charge on any atom is -0.368 e. The largest absolute Gasteiger partial charge is 0.368 e. The molecule has 0 bridgehead atoms. The first kappa shape index (κ1) is 9.55. The topological polar surface area (TPSA) is 74.6 Å². The van der Waals surface area contributed by atoms with Crippen LogP contribution in [0.4, 0.5) is 0 Å². The highest BCUT2D eigenvalue weighted by Crippen LogP contribution is 1.89. The van der Waals surface area contributed by atoms with Gasteiger partial charge in [-0.1, -0.05) is 6.58 Å². The number of nitrogens with zero attached hydrogens (tertiary/aromatic N) is 2. The molecule has 4 nitrogen and oxygen atoms in total. The number of nitrogens with two attached hydrogens (primary N) is 1. The van der Waals surface area contributed by atoms with Crippen LogP contribution < -0.4 is 5.73 Å². The molecule has 0 saturated carbocycles. The summed E-state index contributed by atoms with van der Waals surface area (Å²) < 4.78 is 0. The first-order chi connectivity index (χ1) is 5.11. The van der Waals surface area contributed by atoms with Crippen LogP contribution in [0.15, 0.2) is 22.1 Å². The van der Waals surface area contributed by atoms with Crippen molar-refractivity contribution >= 4 is 17.9 Å². The monoisotopic (exact) mass is 152 g/mol. The molecule has 0 aromatic heterocycles. The molecule has 0 unspecified atom stereocenters. The van der Waals surface area contributed by atoms with Crippen LogP contribution >= 0.6 is 0 Å². The van der Waals surface area contributed by atoms with Gasteiger partial charge < -0.3 is 11.1 Å². The summed E-state index contributed by atoms with van der Waals surface area (Å²) in [5.74, 6) is 0.200. The van der Waals surface area contributed by atoms with Gasteiger partial charge in [-0.2, -0.15) is 0 Å². The Kier molecular flexibility index (Phi) is 3.80. The van der Waals surface area contributed by atoms with Gasteiger partial charge in [-0.05, 0) is 6.92 Å². The van der Waals surface area contributed by atoms with Gasteiger partial charge in [-0.25, -0.2) is 4.99 Å². The van der Waals surface area contributed by atoms with E-state index in [1.807, 2.05) is 0 Å². The van der Waals surface area contributed by atoms with E-state index in [9.17, 15) is 0 Å². The van der Waals surface area contributed by atoms with Gasteiger partial charge in [0.15, 0.2) is 0 Å². The Morgan fingerprint density at radius 2 is 2.18 bits per heavy atom. The molecule has 0 aliphatic rings. The highest BCUT2D eigenvalue weighted by molar-refractivity contribution is 6.16. The zero-order valence-electron chi connectivity index (χ0n) is 6.76. The van der Waals surface area contributed by atoms with Crippen LogP contribution in [0.5, 0.6) is 0 Å². The molecule has 0 rings (SSSR count). The lowest BCUT2D eigenvalue weighted by atomic mass is 10.2. The zero-order chi connectivity index (χ0) is 8.85. The lowest BCUT2D eigenvalue weighted by Gasteiger charge is -1.96. The van der Waals surface area contributed by atoms with Gasteiger partial charge in [0, 0.05) is 24.5 Å². The van der Waals surface area contributed by atoms with E-state index in [1.165, 1.54) is 0 Å². The Bertz CT molecular complexity index is 225. The molecule has 3 N–H and O–H groups in total. The smallest absolute Gasteiger partial charge is 0.215 e. The van der Waals surface area contributed by atoms with Crippen molar-refractivity contribution in [3.8, 4) is 0 Å². The van der Waals surface area contributed by atoms with Crippen molar-refractivity contribution in [2.75, 3.05) is 7.05 Å². The maximum Gasteiger partial charge on any atom is 0.215 e. The Hall–Kier alpha value is -1.45. The van der Waals surface area contributed by atoms with Crippen molar-refractivity contribution in [3.05, 3.63) is 12.2 Å². The van der Waals surface area contributed by atoms with Gasteiger partial charge in [0.25, 0.3) is 0 Å². The van der Waals surface area contributed by atoms with Gasteiger partial charge in [0.1, 0.15) is 0 Å². The van der Waals surface area contributed by atoms with E-state index >= 15 is 0 Å². The Labute approximate surface area is 66.1 Å². The fourth-order valence-corrected chi connectivity index (χ4v) is 0.398. The third kappa shape index (κ3) is 3.30. The minimum absolute atomic E-state index is 0.200. The van der Waals surface area contributed by atoms with Crippen molar-refractivity contribution in [1.82, 2.24) is 0 Å². The fourth-order valence-electron chi connectivity index (χ4n) is 0.398. The predicted octanol–water partition coefficient (Wildman–Crippen LogP) is 0.598. The number of rotatable bonds is 2. The molecular weight excluding hydrogens is 140 g/mol. The van der Waals surface area contributed by atoms with E-state index in [1.54, 1.807) is 14.0 Å². The second kappa shape index (κ2) is 4.38. The first-order valence-electron chi connectivity index (χ1n) is 3.09. The normalized spacial score (nSPS) is 12.9. The SMILES string of the molecule is C=C(C=N)C(C)=NC(N)=NC. The van der Waals surface area contributed by atoms with Crippen molar-refractivity contribution in [2.24, 2.45) is 15.7 Å². The summed E-state index contributed by atoms with van der Waals surface area (Å²) in [7, 11) is 1.55. The fraction of sp³-hybridized carbons (Fsp3) is 0.286. The van der Waals surface area contributed by atoms with Gasteiger partial charge in [0.2, 0.25) is 5.96 Å². The number of allylic oxidation sites excluding steroid dienone is 1. The summed E-state index contributed by atoms with van der Waals surface area (Å²) in [5.41, 5.74) is 6.47. The van der Waals surface area contributed by atoms with Crippen molar-refractivity contribution in [2.45, 2.75) is 6.92 Å². The number of hydrogen-bond acceptors (Lipinski definition) is 2. The summed E-state index contributed by atoms with van der Waals surface area (Å²) in [6, 6.07) is 0.